The monoisotopic (exact) mass is 265 g/mol. The van der Waals surface area contributed by atoms with Crippen molar-refractivity contribution in [1.82, 2.24) is 0 Å². The molecule has 3 heteroatoms. The lowest BCUT2D eigenvalue weighted by Crippen LogP contribution is -2.45. The predicted octanol–water partition coefficient (Wildman–Crippen LogP) is 2.81. The Morgan fingerprint density at radius 1 is 1.05 bits per heavy atom. The van der Waals surface area contributed by atoms with Crippen molar-refractivity contribution in [3.8, 4) is 0 Å². The summed E-state index contributed by atoms with van der Waals surface area (Å²) in [5.74, 6) is 0.818. The van der Waals surface area contributed by atoms with Crippen molar-refractivity contribution in [1.29, 1.82) is 0 Å². The molecule has 3 rings (SSSR count). The minimum Gasteiger partial charge on any atom is -0.375 e. The van der Waals surface area contributed by atoms with Gasteiger partial charge >= 0.3 is 0 Å². The summed E-state index contributed by atoms with van der Waals surface area (Å²) in [7, 11) is 0. The van der Waals surface area contributed by atoms with Gasteiger partial charge in [0.05, 0.1) is 5.60 Å². The molecule has 3 aliphatic rings. The molecule has 0 bridgehead atoms. The Balaban J connectivity index is 1.65. The number of hydrogen-bond acceptors (Lipinski definition) is 3. The van der Waals surface area contributed by atoms with Crippen LogP contribution in [0.1, 0.15) is 64.2 Å². The molecular formula is C16H27NO2. The van der Waals surface area contributed by atoms with E-state index in [1.807, 2.05) is 0 Å². The molecule has 0 aromatic rings. The van der Waals surface area contributed by atoms with E-state index in [1.165, 1.54) is 25.7 Å². The number of carbonyl (C=O) groups excluding carboxylic acids is 1. The van der Waals surface area contributed by atoms with Crippen molar-refractivity contribution in [3.63, 3.8) is 0 Å². The number of ketones is 1. The Morgan fingerprint density at radius 3 is 2.53 bits per heavy atom. The van der Waals surface area contributed by atoms with Gasteiger partial charge in [-0.25, -0.2) is 0 Å². The smallest absolute Gasteiger partial charge is 0.140 e. The van der Waals surface area contributed by atoms with Gasteiger partial charge < -0.3 is 10.5 Å². The second-order valence-corrected chi connectivity index (χ2v) is 6.89. The van der Waals surface area contributed by atoms with Crippen LogP contribution in [-0.4, -0.2) is 24.0 Å². The number of ether oxygens (including phenoxy) is 1. The maximum Gasteiger partial charge on any atom is 0.140 e. The number of hydrogen-bond donors (Lipinski definition) is 1. The van der Waals surface area contributed by atoms with Crippen LogP contribution >= 0.6 is 0 Å². The highest BCUT2D eigenvalue weighted by atomic mass is 16.5. The fourth-order valence-electron chi connectivity index (χ4n) is 4.45. The summed E-state index contributed by atoms with van der Waals surface area (Å²) < 4.78 is 6.04. The van der Waals surface area contributed by atoms with Crippen molar-refractivity contribution in [3.05, 3.63) is 0 Å². The highest BCUT2D eigenvalue weighted by Crippen LogP contribution is 2.43. The van der Waals surface area contributed by atoms with Gasteiger partial charge in [0.25, 0.3) is 0 Å². The molecule has 0 radical (unpaired) electrons. The van der Waals surface area contributed by atoms with Crippen LogP contribution in [0.15, 0.2) is 0 Å². The van der Waals surface area contributed by atoms with Crippen molar-refractivity contribution in [2.75, 3.05) is 6.61 Å². The molecular weight excluding hydrogens is 238 g/mol. The lowest BCUT2D eigenvalue weighted by molar-refractivity contribution is -0.141. The van der Waals surface area contributed by atoms with Gasteiger partial charge in [0.2, 0.25) is 0 Å². The number of nitrogens with two attached hydrogens (primary N) is 1. The maximum atomic E-state index is 12.8. The van der Waals surface area contributed by atoms with Gasteiger partial charge in [-0.2, -0.15) is 0 Å². The van der Waals surface area contributed by atoms with E-state index in [9.17, 15) is 4.79 Å². The van der Waals surface area contributed by atoms with Gasteiger partial charge in [-0.3, -0.25) is 4.79 Å². The third-order valence-corrected chi connectivity index (χ3v) is 5.59. The molecule has 1 aliphatic heterocycles. The van der Waals surface area contributed by atoms with Gasteiger partial charge in [-0.1, -0.05) is 25.7 Å². The normalized spacial score (nSPS) is 38.5. The zero-order valence-electron chi connectivity index (χ0n) is 11.9. The Labute approximate surface area is 116 Å². The molecule has 0 amide bonds. The molecule has 108 valence electrons. The van der Waals surface area contributed by atoms with Crippen molar-refractivity contribution in [2.45, 2.75) is 75.9 Å². The summed E-state index contributed by atoms with van der Waals surface area (Å²) in [6.07, 6.45) is 11.2. The summed E-state index contributed by atoms with van der Waals surface area (Å²) in [5.41, 5.74) is 6.23. The minimum absolute atomic E-state index is 0.0529. The second kappa shape index (κ2) is 5.53. The first-order valence-corrected chi connectivity index (χ1v) is 8.13. The lowest BCUT2D eigenvalue weighted by atomic mass is 9.73. The molecule has 1 heterocycles. The van der Waals surface area contributed by atoms with Crippen molar-refractivity contribution in [2.24, 2.45) is 17.6 Å². The minimum atomic E-state index is 0.0529. The zero-order valence-corrected chi connectivity index (χ0v) is 11.9. The molecule has 0 aromatic carbocycles. The lowest BCUT2D eigenvalue weighted by Gasteiger charge is -2.40. The average Bonchev–Trinajstić information content (AvgIpc) is 2.86. The fourth-order valence-corrected chi connectivity index (χ4v) is 4.45. The van der Waals surface area contributed by atoms with Crippen LogP contribution < -0.4 is 5.73 Å². The first-order chi connectivity index (χ1) is 9.20. The van der Waals surface area contributed by atoms with Crippen molar-refractivity contribution < 1.29 is 9.53 Å². The van der Waals surface area contributed by atoms with Crippen LogP contribution in [0.3, 0.4) is 0 Å². The quantitative estimate of drug-likeness (QED) is 0.835. The molecule has 0 aromatic heterocycles. The average molecular weight is 265 g/mol. The first-order valence-electron chi connectivity index (χ1n) is 8.13. The predicted molar refractivity (Wildman–Crippen MR) is 74.8 cm³/mol. The standard InChI is InChI=1S/C16H27NO2/c17-14-6-2-1-5-13(14)15(18)12-7-10-19-16(11-12)8-3-4-9-16/h12-14H,1-11,17H2. The van der Waals surface area contributed by atoms with Gasteiger partial charge in [0, 0.05) is 24.5 Å². The molecule has 1 spiro atoms. The molecule has 2 saturated carbocycles. The molecule has 3 nitrogen and oxygen atoms in total. The zero-order chi connectivity index (χ0) is 13.3. The molecule has 2 aliphatic carbocycles. The summed E-state index contributed by atoms with van der Waals surface area (Å²) in [6, 6.07) is 0.114. The summed E-state index contributed by atoms with van der Waals surface area (Å²) >= 11 is 0. The first kappa shape index (κ1) is 13.6. The van der Waals surface area contributed by atoms with Crippen molar-refractivity contribution >= 4 is 5.78 Å². The van der Waals surface area contributed by atoms with E-state index in [1.54, 1.807) is 0 Å². The van der Waals surface area contributed by atoms with Crippen LogP contribution in [0.25, 0.3) is 0 Å². The Morgan fingerprint density at radius 2 is 1.79 bits per heavy atom. The van der Waals surface area contributed by atoms with Crippen LogP contribution in [-0.2, 0) is 9.53 Å². The number of Topliss-reactive ketones (excluding diaryl/α,β-unsaturated/α-hetero) is 1. The molecule has 3 unspecified atom stereocenters. The molecule has 1 saturated heterocycles. The topological polar surface area (TPSA) is 52.3 Å². The van der Waals surface area contributed by atoms with Gasteiger partial charge in [0.15, 0.2) is 0 Å². The fraction of sp³-hybridized carbons (Fsp3) is 0.938. The summed E-state index contributed by atoms with van der Waals surface area (Å²) in [5, 5.41) is 0. The van der Waals surface area contributed by atoms with Crippen LogP contribution in [0.5, 0.6) is 0 Å². The third-order valence-electron chi connectivity index (χ3n) is 5.59. The van der Waals surface area contributed by atoms with Crippen LogP contribution in [0, 0.1) is 11.8 Å². The number of carbonyl (C=O) groups is 1. The summed E-state index contributed by atoms with van der Waals surface area (Å²) in [6.45, 7) is 0.776. The Kier molecular flexibility index (Phi) is 3.95. The van der Waals surface area contributed by atoms with E-state index >= 15 is 0 Å². The maximum absolute atomic E-state index is 12.8. The van der Waals surface area contributed by atoms with E-state index < -0.39 is 0 Å². The molecule has 2 N–H and O–H groups in total. The van der Waals surface area contributed by atoms with Gasteiger partial charge in [-0.15, -0.1) is 0 Å². The summed E-state index contributed by atoms with van der Waals surface area (Å²) in [4.78, 5) is 12.8. The molecule has 19 heavy (non-hydrogen) atoms. The number of rotatable bonds is 2. The Bertz CT molecular complexity index is 336. The van der Waals surface area contributed by atoms with E-state index in [0.717, 1.165) is 45.1 Å². The molecule has 3 fully saturated rings. The van der Waals surface area contributed by atoms with Gasteiger partial charge in [0.1, 0.15) is 5.78 Å². The highest BCUT2D eigenvalue weighted by molar-refractivity contribution is 5.84. The third kappa shape index (κ3) is 2.73. The van der Waals surface area contributed by atoms with Crippen LogP contribution in [0.4, 0.5) is 0 Å². The largest absolute Gasteiger partial charge is 0.375 e. The molecule has 3 atom stereocenters. The van der Waals surface area contributed by atoms with E-state index in [2.05, 4.69) is 0 Å². The highest BCUT2D eigenvalue weighted by Gasteiger charge is 2.43. The van der Waals surface area contributed by atoms with Gasteiger partial charge in [-0.05, 0) is 38.5 Å². The van der Waals surface area contributed by atoms with E-state index in [-0.39, 0.29) is 23.5 Å². The van der Waals surface area contributed by atoms with Crippen LogP contribution in [0.2, 0.25) is 0 Å². The Hall–Kier alpha value is -0.410. The van der Waals surface area contributed by atoms with E-state index in [0.29, 0.717) is 5.78 Å². The second-order valence-electron chi connectivity index (χ2n) is 6.89. The van der Waals surface area contributed by atoms with E-state index in [4.69, 9.17) is 10.5 Å². The SMILES string of the molecule is NC1CCCCC1C(=O)C1CCOC2(CCCC2)C1.